The van der Waals surface area contributed by atoms with Crippen molar-refractivity contribution in [2.75, 3.05) is 10.6 Å². The fourth-order valence-corrected chi connectivity index (χ4v) is 3.77. The number of halogens is 3. The molecule has 1 aromatic heterocycles. The van der Waals surface area contributed by atoms with Crippen LogP contribution in [0.25, 0.3) is 0 Å². The lowest BCUT2D eigenvalue weighted by molar-refractivity contribution is -0.137. The maximum atomic E-state index is 13.6. The Balaban J connectivity index is 1.78. The molecule has 3 aromatic rings. The Bertz CT molecular complexity index is 1050. The van der Waals surface area contributed by atoms with Gasteiger partial charge in [-0.2, -0.15) is 18.2 Å². The van der Waals surface area contributed by atoms with Gasteiger partial charge in [0.05, 0.1) is 0 Å². The summed E-state index contributed by atoms with van der Waals surface area (Å²) >= 11 is 0. The average Bonchev–Trinajstić information content (AvgIpc) is 2.77. The summed E-state index contributed by atoms with van der Waals surface area (Å²) in [5.41, 5.74) is 2.67. The number of nitrogens with zero attached hydrogens (tertiary/aromatic N) is 2. The van der Waals surface area contributed by atoms with Gasteiger partial charge in [-0.3, -0.25) is 0 Å². The fraction of sp³-hybridized carbons (Fsp3) is 0.407. The van der Waals surface area contributed by atoms with Crippen molar-refractivity contribution in [3.63, 3.8) is 0 Å². The third-order valence-electron chi connectivity index (χ3n) is 5.46. The molecule has 0 fully saturated rings. The van der Waals surface area contributed by atoms with Crippen molar-refractivity contribution in [1.82, 2.24) is 9.97 Å². The summed E-state index contributed by atoms with van der Waals surface area (Å²) in [5.74, 6) is 0.368. The van der Waals surface area contributed by atoms with Crippen molar-refractivity contribution in [3.05, 3.63) is 71.4 Å². The van der Waals surface area contributed by atoms with Crippen LogP contribution in [0.2, 0.25) is 0 Å². The Kier molecular flexibility index (Phi) is 8.91. The summed E-state index contributed by atoms with van der Waals surface area (Å²) < 4.78 is 40.9. The van der Waals surface area contributed by atoms with E-state index in [9.17, 15) is 13.2 Å². The molecule has 4 nitrogen and oxygen atoms in total. The van der Waals surface area contributed by atoms with Crippen LogP contribution in [0.15, 0.2) is 54.7 Å². The molecule has 0 bridgehead atoms. The zero-order valence-electron chi connectivity index (χ0n) is 20.0. The van der Waals surface area contributed by atoms with Gasteiger partial charge in [0.25, 0.3) is 0 Å². The molecule has 0 atom stereocenters. The summed E-state index contributed by atoms with van der Waals surface area (Å²) in [6, 6.07) is 15.2. The molecule has 1 heterocycles. The summed E-state index contributed by atoms with van der Waals surface area (Å²) in [6.45, 7) is 6.47. The highest BCUT2D eigenvalue weighted by atomic mass is 19.4. The van der Waals surface area contributed by atoms with Gasteiger partial charge in [-0.1, -0.05) is 64.3 Å². The summed E-state index contributed by atoms with van der Waals surface area (Å²) in [6.07, 6.45) is 2.65. The second-order valence-corrected chi connectivity index (χ2v) is 9.01. The van der Waals surface area contributed by atoms with Crippen LogP contribution in [0.3, 0.4) is 0 Å². The van der Waals surface area contributed by atoms with E-state index in [0.717, 1.165) is 43.9 Å². The van der Waals surface area contributed by atoms with Gasteiger partial charge in [0, 0.05) is 17.6 Å². The van der Waals surface area contributed by atoms with Crippen molar-refractivity contribution in [3.8, 4) is 0 Å². The summed E-state index contributed by atoms with van der Waals surface area (Å²) in [4.78, 5) is 8.07. The van der Waals surface area contributed by atoms with Crippen molar-refractivity contribution >= 4 is 23.1 Å². The number of nitrogens with one attached hydrogen (secondary N) is 2. The van der Waals surface area contributed by atoms with Crippen molar-refractivity contribution in [2.45, 2.75) is 65.5 Å². The molecule has 0 spiro atoms. The van der Waals surface area contributed by atoms with E-state index in [1.165, 1.54) is 12.0 Å². The molecule has 0 saturated heterocycles. The summed E-state index contributed by atoms with van der Waals surface area (Å²) in [7, 11) is 0. The van der Waals surface area contributed by atoms with E-state index in [1.807, 2.05) is 42.5 Å². The van der Waals surface area contributed by atoms with E-state index in [0.29, 0.717) is 17.3 Å². The standard InChI is InChI=1S/C27H33F3N4/c1-4-5-6-7-9-20-10-8-11-23(17-20)32-25-24(27(28,29)30)18-31-26(34-25)33-22-14-12-21(13-15-22)16-19(2)3/h8,10-15,17-19H,4-7,9,16H2,1-3H3,(H2,31,32,33,34). The van der Waals surface area contributed by atoms with Crippen molar-refractivity contribution < 1.29 is 13.2 Å². The largest absolute Gasteiger partial charge is 0.421 e. The zero-order chi connectivity index (χ0) is 24.6. The first-order chi connectivity index (χ1) is 16.2. The second kappa shape index (κ2) is 11.9. The van der Waals surface area contributed by atoms with Crippen LogP contribution in [-0.2, 0) is 19.0 Å². The minimum atomic E-state index is -4.57. The molecule has 0 aliphatic heterocycles. The predicted octanol–water partition coefficient (Wildman–Crippen LogP) is 8.30. The van der Waals surface area contributed by atoms with Gasteiger partial charge >= 0.3 is 6.18 Å². The molecule has 7 heteroatoms. The van der Waals surface area contributed by atoms with Crippen LogP contribution < -0.4 is 10.6 Å². The SMILES string of the molecule is CCCCCCc1cccc(Nc2nc(Nc3ccc(CC(C)C)cc3)ncc2C(F)(F)F)c1. The third kappa shape index (κ3) is 7.75. The van der Waals surface area contributed by atoms with Crippen LogP contribution >= 0.6 is 0 Å². The number of rotatable bonds is 11. The normalized spacial score (nSPS) is 11.6. The minimum absolute atomic E-state index is 0.0998. The van der Waals surface area contributed by atoms with Gasteiger partial charge < -0.3 is 10.6 Å². The van der Waals surface area contributed by atoms with Crippen molar-refractivity contribution in [1.29, 1.82) is 0 Å². The second-order valence-electron chi connectivity index (χ2n) is 9.01. The Morgan fingerprint density at radius 1 is 0.882 bits per heavy atom. The number of anilines is 4. The monoisotopic (exact) mass is 470 g/mol. The smallest absolute Gasteiger partial charge is 0.340 e. The lowest BCUT2D eigenvalue weighted by Gasteiger charge is -2.15. The van der Waals surface area contributed by atoms with Gasteiger partial charge in [-0.25, -0.2) is 4.98 Å². The highest BCUT2D eigenvalue weighted by Crippen LogP contribution is 2.35. The highest BCUT2D eigenvalue weighted by molar-refractivity contribution is 5.63. The zero-order valence-corrected chi connectivity index (χ0v) is 20.0. The maximum absolute atomic E-state index is 13.6. The van der Waals surface area contributed by atoms with E-state index in [2.05, 4.69) is 41.4 Å². The van der Waals surface area contributed by atoms with Gasteiger partial charge in [0.1, 0.15) is 11.4 Å². The number of hydrogen-bond acceptors (Lipinski definition) is 4. The summed E-state index contributed by atoms with van der Waals surface area (Å²) in [5, 5.41) is 5.88. The maximum Gasteiger partial charge on any atom is 0.421 e. The van der Waals surface area contributed by atoms with Crippen LogP contribution in [-0.4, -0.2) is 9.97 Å². The molecule has 2 aromatic carbocycles. The first-order valence-corrected chi connectivity index (χ1v) is 11.9. The highest BCUT2D eigenvalue weighted by Gasteiger charge is 2.35. The van der Waals surface area contributed by atoms with Gasteiger partial charge in [0.2, 0.25) is 5.95 Å². The number of alkyl halides is 3. The molecule has 0 saturated carbocycles. The molecule has 34 heavy (non-hydrogen) atoms. The lowest BCUT2D eigenvalue weighted by Crippen LogP contribution is -2.12. The molecule has 0 radical (unpaired) electrons. The van der Waals surface area contributed by atoms with E-state index in [-0.39, 0.29) is 11.8 Å². The Morgan fingerprint density at radius 3 is 2.32 bits per heavy atom. The van der Waals surface area contributed by atoms with Crippen LogP contribution in [0.4, 0.5) is 36.3 Å². The quantitative estimate of drug-likeness (QED) is 0.277. The molecule has 0 aliphatic carbocycles. The predicted molar refractivity (Wildman–Crippen MR) is 133 cm³/mol. The molecular weight excluding hydrogens is 437 g/mol. The fourth-order valence-electron chi connectivity index (χ4n) is 3.77. The average molecular weight is 471 g/mol. The minimum Gasteiger partial charge on any atom is -0.340 e. The van der Waals surface area contributed by atoms with Gasteiger partial charge in [-0.05, 0) is 60.6 Å². The first kappa shape index (κ1) is 25.5. The third-order valence-corrected chi connectivity index (χ3v) is 5.46. The number of hydrogen-bond donors (Lipinski definition) is 2. The molecular formula is C27H33F3N4. The van der Waals surface area contributed by atoms with Gasteiger partial charge in [0.15, 0.2) is 0 Å². The van der Waals surface area contributed by atoms with Gasteiger partial charge in [-0.15, -0.1) is 0 Å². The molecule has 0 aliphatic rings. The molecule has 2 N–H and O–H groups in total. The Labute approximate surface area is 200 Å². The number of unbranched alkanes of at least 4 members (excludes halogenated alkanes) is 3. The molecule has 3 rings (SSSR count). The first-order valence-electron chi connectivity index (χ1n) is 11.9. The van der Waals surface area contributed by atoms with Crippen LogP contribution in [0, 0.1) is 5.92 Å². The van der Waals surface area contributed by atoms with E-state index >= 15 is 0 Å². The van der Waals surface area contributed by atoms with Crippen LogP contribution in [0.5, 0.6) is 0 Å². The number of aromatic nitrogens is 2. The van der Waals surface area contributed by atoms with Crippen molar-refractivity contribution in [2.24, 2.45) is 5.92 Å². The van der Waals surface area contributed by atoms with E-state index in [4.69, 9.17) is 0 Å². The number of benzene rings is 2. The Morgan fingerprint density at radius 2 is 1.65 bits per heavy atom. The Hall–Kier alpha value is -3.09. The van der Waals surface area contributed by atoms with Crippen LogP contribution in [0.1, 0.15) is 63.1 Å². The number of aryl methyl sites for hydroxylation is 1. The molecule has 0 unspecified atom stereocenters. The molecule has 0 amide bonds. The van der Waals surface area contributed by atoms with E-state index in [1.54, 1.807) is 6.07 Å². The topological polar surface area (TPSA) is 49.8 Å². The molecule has 182 valence electrons. The van der Waals surface area contributed by atoms with E-state index < -0.39 is 11.7 Å². The lowest BCUT2D eigenvalue weighted by atomic mass is 10.0.